The van der Waals surface area contributed by atoms with Crippen molar-refractivity contribution in [3.8, 4) is 0 Å². The molecule has 9 nitrogen and oxygen atoms in total. The van der Waals surface area contributed by atoms with Gasteiger partial charge < -0.3 is 11.1 Å². The molecule has 2 heterocycles. The predicted octanol–water partition coefficient (Wildman–Crippen LogP) is 3.64. The summed E-state index contributed by atoms with van der Waals surface area (Å²) in [5.41, 5.74) is 7.50. The molecule has 0 aliphatic rings. The number of benzene rings is 2. The Balaban J connectivity index is 1.70. The highest BCUT2D eigenvalue weighted by molar-refractivity contribution is 7.90. The zero-order valence-corrected chi connectivity index (χ0v) is 21.0. The molecule has 3 N–H and O–H groups in total. The predicted molar refractivity (Wildman–Crippen MR) is 134 cm³/mol. The first-order chi connectivity index (χ1) is 16.8. The van der Waals surface area contributed by atoms with Crippen molar-refractivity contribution in [1.29, 1.82) is 0 Å². The normalized spacial score (nSPS) is 11.6. The lowest BCUT2D eigenvalue weighted by Gasteiger charge is -2.11. The van der Waals surface area contributed by atoms with Crippen LogP contribution in [0.25, 0.3) is 10.9 Å². The molecule has 0 saturated heterocycles. The fraction of sp³-hybridized carbons (Fsp3) is 0.167. The zero-order chi connectivity index (χ0) is 26.4. The molecule has 0 spiro atoms. The third-order valence-electron chi connectivity index (χ3n) is 5.63. The van der Waals surface area contributed by atoms with Gasteiger partial charge in [0.1, 0.15) is 11.5 Å². The highest BCUT2D eigenvalue weighted by Gasteiger charge is 2.21. The van der Waals surface area contributed by atoms with E-state index in [4.69, 9.17) is 17.3 Å². The lowest BCUT2D eigenvalue weighted by molar-refractivity contribution is 0.0996. The van der Waals surface area contributed by atoms with Gasteiger partial charge >= 0.3 is 0 Å². The molecule has 0 aliphatic heterocycles. The molecule has 2 aromatic heterocycles. The Hall–Kier alpha value is -3.83. The minimum absolute atomic E-state index is 0.0307. The van der Waals surface area contributed by atoms with Crippen LogP contribution in [0.2, 0.25) is 5.02 Å². The number of aromatic nitrogens is 3. The Morgan fingerprint density at radius 1 is 1.17 bits per heavy atom. The summed E-state index contributed by atoms with van der Waals surface area (Å²) in [6.07, 6.45) is 1.14. The number of pyridine rings is 1. The van der Waals surface area contributed by atoms with Gasteiger partial charge in [0.25, 0.3) is 11.8 Å². The zero-order valence-electron chi connectivity index (χ0n) is 19.5. The fourth-order valence-corrected chi connectivity index (χ4v) is 4.65. The van der Waals surface area contributed by atoms with Crippen LogP contribution in [0.15, 0.2) is 47.4 Å². The van der Waals surface area contributed by atoms with Crippen LogP contribution < -0.4 is 11.1 Å². The summed E-state index contributed by atoms with van der Waals surface area (Å²) in [7, 11) is -3.37. The van der Waals surface area contributed by atoms with Gasteiger partial charge in [-0.1, -0.05) is 23.7 Å². The summed E-state index contributed by atoms with van der Waals surface area (Å²) in [6.45, 7) is 3.73. The van der Waals surface area contributed by atoms with E-state index in [2.05, 4.69) is 15.4 Å². The van der Waals surface area contributed by atoms with Crippen molar-refractivity contribution in [3.05, 3.63) is 81.5 Å². The van der Waals surface area contributed by atoms with Crippen molar-refractivity contribution in [2.45, 2.75) is 25.3 Å². The first-order valence-corrected chi connectivity index (χ1v) is 12.9. The number of aryl methyl sites for hydroxylation is 1. The average molecular weight is 530 g/mol. The van der Waals surface area contributed by atoms with Crippen LogP contribution in [-0.4, -0.2) is 41.3 Å². The first kappa shape index (κ1) is 25.3. The Kier molecular flexibility index (Phi) is 6.54. The van der Waals surface area contributed by atoms with Gasteiger partial charge in [-0.05, 0) is 43.7 Å². The van der Waals surface area contributed by atoms with E-state index < -0.39 is 27.5 Å². The van der Waals surface area contributed by atoms with Gasteiger partial charge in [0.2, 0.25) is 0 Å². The number of amides is 2. The third-order valence-corrected chi connectivity index (χ3v) is 7.03. The maximum Gasteiger partial charge on any atom is 0.267 e. The number of nitrogens with two attached hydrogens (primary N) is 1. The van der Waals surface area contributed by atoms with Gasteiger partial charge in [0.05, 0.1) is 44.6 Å². The lowest BCUT2D eigenvalue weighted by atomic mass is 10.1. The van der Waals surface area contributed by atoms with Crippen LogP contribution in [0.1, 0.15) is 37.8 Å². The second-order valence-corrected chi connectivity index (χ2v) is 10.7. The smallest absolute Gasteiger partial charge is 0.267 e. The summed E-state index contributed by atoms with van der Waals surface area (Å²) in [5, 5.41) is 7.30. The van der Waals surface area contributed by atoms with E-state index in [1.807, 2.05) is 0 Å². The van der Waals surface area contributed by atoms with E-state index in [1.54, 1.807) is 36.7 Å². The average Bonchev–Trinajstić information content (AvgIpc) is 3.06. The molecule has 2 amide bonds. The van der Waals surface area contributed by atoms with Crippen molar-refractivity contribution in [2.24, 2.45) is 5.73 Å². The summed E-state index contributed by atoms with van der Waals surface area (Å²) >= 11 is 5.92. The van der Waals surface area contributed by atoms with Crippen molar-refractivity contribution >= 4 is 49.8 Å². The second-order valence-electron chi connectivity index (χ2n) is 8.28. The molecule has 4 aromatic rings. The van der Waals surface area contributed by atoms with E-state index in [0.29, 0.717) is 22.6 Å². The molecular formula is C24H21ClFN5O4S. The van der Waals surface area contributed by atoms with Crippen molar-refractivity contribution in [2.75, 3.05) is 11.6 Å². The van der Waals surface area contributed by atoms with Gasteiger partial charge in [-0.2, -0.15) is 5.10 Å². The van der Waals surface area contributed by atoms with Crippen LogP contribution in [0.4, 0.5) is 10.1 Å². The number of sulfone groups is 1. The molecular weight excluding hydrogens is 509 g/mol. The number of halogens is 2. The Morgan fingerprint density at radius 2 is 1.89 bits per heavy atom. The molecule has 2 aromatic carbocycles. The molecule has 0 unspecified atom stereocenters. The monoisotopic (exact) mass is 529 g/mol. The van der Waals surface area contributed by atoms with Crippen LogP contribution in [0, 0.1) is 19.7 Å². The molecule has 0 radical (unpaired) electrons. The molecule has 4 rings (SSSR count). The number of carbonyl (C=O) groups excluding carboxylic acids is 2. The highest BCUT2D eigenvalue weighted by Crippen LogP contribution is 2.27. The number of rotatable bonds is 6. The van der Waals surface area contributed by atoms with Gasteiger partial charge in [0.15, 0.2) is 9.84 Å². The van der Waals surface area contributed by atoms with Crippen molar-refractivity contribution in [3.63, 3.8) is 0 Å². The molecule has 0 aliphatic carbocycles. The summed E-state index contributed by atoms with van der Waals surface area (Å²) in [6, 6.07) is 10.0. The van der Waals surface area contributed by atoms with Gasteiger partial charge in [-0.3, -0.25) is 14.3 Å². The van der Waals surface area contributed by atoms with Crippen LogP contribution in [-0.2, 0) is 16.4 Å². The van der Waals surface area contributed by atoms with Crippen molar-refractivity contribution < 1.29 is 22.4 Å². The minimum atomic E-state index is -3.37. The molecule has 36 heavy (non-hydrogen) atoms. The third kappa shape index (κ3) is 4.93. The molecule has 186 valence electrons. The second kappa shape index (κ2) is 9.32. The first-order valence-electron chi connectivity index (χ1n) is 10.6. The number of nitrogens with one attached hydrogen (secondary N) is 1. The Bertz CT molecular complexity index is 1670. The van der Waals surface area contributed by atoms with E-state index in [9.17, 15) is 22.4 Å². The number of hydrogen-bond donors (Lipinski definition) is 2. The number of hydrogen-bond acceptors (Lipinski definition) is 6. The van der Waals surface area contributed by atoms with E-state index in [0.717, 1.165) is 12.3 Å². The standard InChI is InChI=1S/C24H21ClFN5O4S/c1-12-22(13(2)31(30-12)11-14-5-4-6-15(7-14)36(3,34)35)29-24(33)17-9-21(23(27)32)28-20-10-19(26)18(25)8-16(17)20/h4-10H,11H2,1-3H3,(H2,27,32)(H,29,33). The summed E-state index contributed by atoms with van der Waals surface area (Å²) in [5.74, 6) is -2.23. The lowest BCUT2D eigenvalue weighted by Crippen LogP contribution is -2.18. The number of carbonyl (C=O) groups is 2. The van der Waals surface area contributed by atoms with E-state index in [1.165, 1.54) is 18.2 Å². The fourth-order valence-electron chi connectivity index (χ4n) is 3.80. The molecule has 0 atom stereocenters. The van der Waals surface area contributed by atoms with Crippen LogP contribution >= 0.6 is 11.6 Å². The van der Waals surface area contributed by atoms with Gasteiger partial charge in [-0.15, -0.1) is 0 Å². The maximum atomic E-state index is 14.0. The summed E-state index contributed by atoms with van der Waals surface area (Å²) < 4.78 is 39.4. The van der Waals surface area contributed by atoms with E-state index in [-0.39, 0.29) is 38.6 Å². The number of anilines is 1. The molecule has 0 saturated carbocycles. The highest BCUT2D eigenvalue weighted by atomic mass is 35.5. The number of nitrogens with zero attached hydrogens (tertiary/aromatic N) is 3. The Morgan fingerprint density at radius 3 is 2.56 bits per heavy atom. The molecule has 0 fully saturated rings. The minimum Gasteiger partial charge on any atom is -0.364 e. The number of fused-ring (bicyclic) bond motifs is 1. The SMILES string of the molecule is Cc1nn(Cc2cccc(S(C)(=O)=O)c2)c(C)c1NC(=O)c1cc(C(N)=O)nc2cc(F)c(Cl)cc12. The summed E-state index contributed by atoms with van der Waals surface area (Å²) in [4.78, 5) is 29.3. The maximum absolute atomic E-state index is 14.0. The molecule has 0 bridgehead atoms. The van der Waals surface area contributed by atoms with Crippen LogP contribution in [0.3, 0.4) is 0 Å². The topological polar surface area (TPSA) is 137 Å². The Labute approximate surface area is 211 Å². The number of primary amides is 1. The largest absolute Gasteiger partial charge is 0.364 e. The van der Waals surface area contributed by atoms with Crippen LogP contribution in [0.5, 0.6) is 0 Å². The van der Waals surface area contributed by atoms with E-state index >= 15 is 0 Å². The van der Waals surface area contributed by atoms with Crippen molar-refractivity contribution in [1.82, 2.24) is 14.8 Å². The molecule has 12 heteroatoms. The van der Waals surface area contributed by atoms with Gasteiger partial charge in [0, 0.05) is 17.7 Å². The quantitative estimate of drug-likeness (QED) is 0.391. The van der Waals surface area contributed by atoms with Gasteiger partial charge in [-0.25, -0.2) is 17.8 Å².